The van der Waals surface area contributed by atoms with E-state index in [-0.39, 0.29) is 0 Å². The van der Waals surface area contributed by atoms with Crippen molar-refractivity contribution >= 4 is 0 Å². The zero-order valence-electron chi connectivity index (χ0n) is 13.2. The molecule has 0 unspecified atom stereocenters. The molecule has 0 aliphatic carbocycles. The van der Waals surface area contributed by atoms with Crippen LogP contribution >= 0.6 is 0 Å². The van der Waals surface area contributed by atoms with Gasteiger partial charge in [0.15, 0.2) is 0 Å². The van der Waals surface area contributed by atoms with Crippen LogP contribution in [0.2, 0.25) is 0 Å². The van der Waals surface area contributed by atoms with Gasteiger partial charge in [0.05, 0.1) is 5.69 Å². The first kappa shape index (κ1) is 16.3. The highest BCUT2D eigenvalue weighted by molar-refractivity contribution is 5.12. The summed E-state index contributed by atoms with van der Waals surface area (Å²) in [7, 11) is 0. The second kappa shape index (κ2) is 10.1. The van der Waals surface area contributed by atoms with Gasteiger partial charge in [-0.2, -0.15) is 0 Å². The molecule has 0 amide bonds. The van der Waals surface area contributed by atoms with E-state index in [1.807, 2.05) is 6.92 Å². The molecule has 2 nitrogen and oxygen atoms in total. The minimum absolute atomic E-state index is 1.06. The molecule has 0 saturated carbocycles. The molecule has 0 atom stereocenters. The molecule has 2 heteroatoms. The van der Waals surface area contributed by atoms with Crippen LogP contribution in [-0.4, -0.2) is 9.97 Å². The summed E-state index contributed by atoms with van der Waals surface area (Å²) < 4.78 is 0. The van der Waals surface area contributed by atoms with Crippen molar-refractivity contribution < 1.29 is 0 Å². The number of nitrogens with one attached hydrogen (secondary N) is 1. The summed E-state index contributed by atoms with van der Waals surface area (Å²) in [4.78, 5) is 7.78. The van der Waals surface area contributed by atoms with Crippen molar-refractivity contribution in [2.24, 2.45) is 0 Å². The van der Waals surface area contributed by atoms with Crippen LogP contribution in [0.15, 0.2) is 0 Å². The highest BCUT2D eigenvalue weighted by atomic mass is 14.9. The summed E-state index contributed by atoms with van der Waals surface area (Å²) >= 11 is 0. The van der Waals surface area contributed by atoms with E-state index in [9.17, 15) is 0 Å². The molecule has 0 fully saturated rings. The van der Waals surface area contributed by atoms with Crippen molar-refractivity contribution in [3.8, 4) is 0 Å². The van der Waals surface area contributed by atoms with Gasteiger partial charge in [-0.3, -0.25) is 0 Å². The number of aromatic nitrogens is 2. The molecule has 0 radical (unpaired) electrons. The number of aromatic amines is 1. The van der Waals surface area contributed by atoms with Crippen molar-refractivity contribution in [3.05, 3.63) is 17.2 Å². The fraction of sp³-hybridized carbons (Fsp3) is 0.824. The number of nitrogens with zero attached hydrogens (tertiary/aromatic N) is 1. The van der Waals surface area contributed by atoms with E-state index in [1.54, 1.807) is 0 Å². The van der Waals surface area contributed by atoms with Gasteiger partial charge in [0.2, 0.25) is 0 Å². The quantitative estimate of drug-likeness (QED) is 0.526. The van der Waals surface area contributed by atoms with Gasteiger partial charge in [-0.25, -0.2) is 4.98 Å². The topological polar surface area (TPSA) is 28.7 Å². The fourth-order valence-electron chi connectivity index (χ4n) is 2.69. The predicted molar refractivity (Wildman–Crippen MR) is 83.6 cm³/mol. The third-order valence-electron chi connectivity index (χ3n) is 3.88. The van der Waals surface area contributed by atoms with Gasteiger partial charge in [0.1, 0.15) is 5.82 Å². The summed E-state index contributed by atoms with van der Waals surface area (Å²) in [5, 5.41) is 0. The van der Waals surface area contributed by atoms with E-state index in [2.05, 4.69) is 23.8 Å². The van der Waals surface area contributed by atoms with Crippen molar-refractivity contribution in [2.45, 2.75) is 91.4 Å². The molecule has 1 heterocycles. The minimum atomic E-state index is 1.06. The molecule has 1 aromatic heterocycles. The largest absolute Gasteiger partial charge is 0.346 e. The second-order valence-corrected chi connectivity index (χ2v) is 5.82. The van der Waals surface area contributed by atoms with Crippen molar-refractivity contribution in [1.29, 1.82) is 0 Å². The molecule has 0 saturated heterocycles. The number of rotatable bonds is 11. The lowest BCUT2D eigenvalue weighted by Gasteiger charge is -2.02. The first-order chi connectivity index (χ1) is 9.24. The molecule has 1 N–H and O–H groups in total. The third-order valence-corrected chi connectivity index (χ3v) is 3.88. The van der Waals surface area contributed by atoms with Gasteiger partial charge in [-0.1, -0.05) is 64.7 Å². The predicted octanol–water partition coefficient (Wildman–Crippen LogP) is 5.49. The SMILES string of the molecule is CCCCCCCCCCCCc1[nH]c(C)nc1C. The van der Waals surface area contributed by atoms with Crippen LogP contribution in [0.3, 0.4) is 0 Å². The monoisotopic (exact) mass is 264 g/mol. The maximum Gasteiger partial charge on any atom is 0.103 e. The molecule has 1 rings (SSSR count). The zero-order valence-corrected chi connectivity index (χ0v) is 13.2. The highest BCUT2D eigenvalue weighted by Gasteiger charge is 2.02. The Hall–Kier alpha value is -0.790. The average molecular weight is 264 g/mol. The van der Waals surface area contributed by atoms with E-state index in [1.165, 1.54) is 82.0 Å². The Kier molecular flexibility index (Phi) is 8.61. The lowest BCUT2D eigenvalue weighted by atomic mass is 10.1. The molecule has 0 spiro atoms. The Bertz CT molecular complexity index is 328. The molecule has 0 aliphatic heterocycles. The maximum absolute atomic E-state index is 4.42. The zero-order chi connectivity index (χ0) is 13.9. The number of unbranched alkanes of at least 4 members (excludes halogenated alkanes) is 9. The van der Waals surface area contributed by atoms with Gasteiger partial charge in [0, 0.05) is 5.69 Å². The Labute approximate surface area is 119 Å². The van der Waals surface area contributed by atoms with Gasteiger partial charge in [-0.15, -0.1) is 0 Å². The van der Waals surface area contributed by atoms with Gasteiger partial charge >= 0.3 is 0 Å². The Morgan fingerprint density at radius 2 is 1.32 bits per heavy atom. The Balaban J connectivity index is 1.90. The summed E-state index contributed by atoms with van der Waals surface area (Å²) in [6.07, 6.45) is 15.2. The van der Waals surface area contributed by atoms with Crippen LogP contribution in [0.1, 0.15) is 88.3 Å². The summed E-state index contributed by atoms with van der Waals surface area (Å²) in [6.45, 7) is 6.42. The normalized spacial score (nSPS) is 11.1. The van der Waals surface area contributed by atoms with E-state index >= 15 is 0 Å². The van der Waals surface area contributed by atoms with Crippen LogP contribution in [0.25, 0.3) is 0 Å². The fourth-order valence-corrected chi connectivity index (χ4v) is 2.69. The van der Waals surface area contributed by atoms with Gasteiger partial charge < -0.3 is 4.98 Å². The lowest BCUT2D eigenvalue weighted by molar-refractivity contribution is 0.555. The summed E-state index contributed by atoms with van der Waals surface area (Å²) in [5.41, 5.74) is 2.53. The van der Waals surface area contributed by atoms with Crippen LogP contribution in [-0.2, 0) is 6.42 Å². The molecular formula is C17H32N2. The van der Waals surface area contributed by atoms with E-state index in [0.29, 0.717) is 0 Å². The number of hydrogen-bond donors (Lipinski definition) is 1. The average Bonchev–Trinajstić information content (AvgIpc) is 2.70. The number of H-pyrrole nitrogens is 1. The Morgan fingerprint density at radius 1 is 0.789 bits per heavy atom. The summed E-state index contributed by atoms with van der Waals surface area (Å²) in [5.74, 6) is 1.06. The molecule has 0 bridgehead atoms. The van der Waals surface area contributed by atoms with Gasteiger partial charge in [0.25, 0.3) is 0 Å². The van der Waals surface area contributed by atoms with Crippen molar-refractivity contribution in [2.75, 3.05) is 0 Å². The van der Waals surface area contributed by atoms with Crippen LogP contribution < -0.4 is 0 Å². The number of aryl methyl sites for hydroxylation is 3. The van der Waals surface area contributed by atoms with E-state index in [4.69, 9.17) is 0 Å². The molecule has 0 aromatic carbocycles. The standard InChI is InChI=1S/C17H32N2/c1-4-5-6-7-8-9-10-11-12-13-14-17-15(2)18-16(3)19-17/h4-14H2,1-3H3,(H,18,19). The molecule has 110 valence electrons. The third kappa shape index (κ3) is 7.39. The first-order valence-corrected chi connectivity index (χ1v) is 8.26. The lowest BCUT2D eigenvalue weighted by Crippen LogP contribution is -1.89. The van der Waals surface area contributed by atoms with Gasteiger partial charge in [-0.05, 0) is 26.7 Å². The number of hydrogen-bond acceptors (Lipinski definition) is 1. The van der Waals surface area contributed by atoms with Crippen LogP contribution in [0.5, 0.6) is 0 Å². The van der Waals surface area contributed by atoms with E-state index in [0.717, 1.165) is 5.82 Å². The Morgan fingerprint density at radius 3 is 1.79 bits per heavy atom. The van der Waals surface area contributed by atoms with Crippen molar-refractivity contribution in [1.82, 2.24) is 9.97 Å². The van der Waals surface area contributed by atoms with Crippen LogP contribution in [0.4, 0.5) is 0 Å². The second-order valence-electron chi connectivity index (χ2n) is 5.82. The highest BCUT2D eigenvalue weighted by Crippen LogP contribution is 2.13. The first-order valence-electron chi connectivity index (χ1n) is 8.26. The van der Waals surface area contributed by atoms with Crippen LogP contribution in [0, 0.1) is 13.8 Å². The number of imidazole rings is 1. The summed E-state index contributed by atoms with van der Waals surface area (Å²) in [6, 6.07) is 0. The molecule has 1 aromatic rings. The maximum atomic E-state index is 4.42. The smallest absolute Gasteiger partial charge is 0.103 e. The minimum Gasteiger partial charge on any atom is -0.346 e. The molecule has 19 heavy (non-hydrogen) atoms. The molecular weight excluding hydrogens is 232 g/mol. The van der Waals surface area contributed by atoms with Crippen molar-refractivity contribution in [3.63, 3.8) is 0 Å². The van der Waals surface area contributed by atoms with E-state index < -0.39 is 0 Å². The molecule has 0 aliphatic rings.